The minimum Gasteiger partial charge on any atom is -0.512 e. The summed E-state index contributed by atoms with van der Waals surface area (Å²) in [4.78, 5) is 11.0. The van der Waals surface area contributed by atoms with Gasteiger partial charge in [0.1, 0.15) is 0 Å². The summed E-state index contributed by atoms with van der Waals surface area (Å²) in [5.41, 5.74) is 0. The zero-order valence-electron chi connectivity index (χ0n) is 7.62. The van der Waals surface area contributed by atoms with E-state index in [0.29, 0.717) is 18.8 Å². The monoisotopic (exact) mass is 178 g/mol. The molecule has 2 heteroatoms. The second-order valence-corrected chi connectivity index (χ2v) is 3.47. The van der Waals surface area contributed by atoms with Gasteiger partial charge in [-0.1, -0.05) is 0 Å². The molecule has 1 N–H and O–H groups in total. The Morgan fingerprint density at radius 1 is 1.62 bits per heavy atom. The van der Waals surface area contributed by atoms with Gasteiger partial charge in [-0.3, -0.25) is 4.79 Å². The third-order valence-corrected chi connectivity index (χ3v) is 2.25. The van der Waals surface area contributed by atoms with E-state index in [1.165, 1.54) is 6.08 Å². The van der Waals surface area contributed by atoms with Gasteiger partial charge in [0, 0.05) is 25.3 Å². The standard InChI is InChI=1S/C11H14O2/c1-2-3-4-5-9-6-10(12)8-11(13)7-9/h1,8-9,12H,3-7H2. The van der Waals surface area contributed by atoms with E-state index < -0.39 is 0 Å². The van der Waals surface area contributed by atoms with Gasteiger partial charge in [0.15, 0.2) is 5.78 Å². The summed E-state index contributed by atoms with van der Waals surface area (Å²) in [5, 5.41) is 9.21. The Bertz CT molecular complexity index is 258. The lowest BCUT2D eigenvalue weighted by Crippen LogP contribution is -2.13. The van der Waals surface area contributed by atoms with Crippen molar-refractivity contribution in [3.05, 3.63) is 11.8 Å². The van der Waals surface area contributed by atoms with Crippen molar-refractivity contribution in [2.24, 2.45) is 5.92 Å². The van der Waals surface area contributed by atoms with Gasteiger partial charge in [-0.2, -0.15) is 0 Å². The van der Waals surface area contributed by atoms with Gasteiger partial charge >= 0.3 is 0 Å². The van der Waals surface area contributed by atoms with Crippen molar-refractivity contribution in [3.63, 3.8) is 0 Å². The SMILES string of the molecule is C#CCCCC1CC(=O)C=C(O)C1. The van der Waals surface area contributed by atoms with E-state index in [1.54, 1.807) is 0 Å². The molecule has 1 atom stereocenters. The largest absolute Gasteiger partial charge is 0.512 e. The average Bonchev–Trinajstić information content (AvgIpc) is 2.03. The van der Waals surface area contributed by atoms with E-state index in [9.17, 15) is 9.90 Å². The lowest BCUT2D eigenvalue weighted by molar-refractivity contribution is -0.116. The van der Waals surface area contributed by atoms with Crippen LogP contribution in [0.2, 0.25) is 0 Å². The quantitative estimate of drug-likeness (QED) is 0.531. The number of carbonyl (C=O) groups is 1. The summed E-state index contributed by atoms with van der Waals surface area (Å²) >= 11 is 0. The fraction of sp³-hybridized carbons (Fsp3) is 0.545. The zero-order chi connectivity index (χ0) is 9.68. The highest BCUT2D eigenvalue weighted by Crippen LogP contribution is 2.24. The Kier molecular flexibility index (Phi) is 3.57. The predicted octanol–water partition coefficient (Wildman–Crippen LogP) is 2.21. The molecule has 0 radical (unpaired) electrons. The summed E-state index contributed by atoms with van der Waals surface area (Å²) in [7, 11) is 0. The van der Waals surface area contributed by atoms with Gasteiger partial charge in [0.2, 0.25) is 0 Å². The maximum atomic E-state index is 11.0. The summed E-state index contributed by atoms with van der Waals surface area (Å²) in [6.07, 6.45) is 10.3. The fourth-order valence-corrected chi connectivity index (χ4v) is 1.65. The molecule has 0 bridgehead atoms. The molecule has 0 heterocycles. The number of aliphatic hydroxyl groups is 1. The van der Waals surface area contributed by atoms with Gasteiger partial charge in [0.25, 0.3) is 0 Å². The average molecular weight is 178 g/mol. The predicted molar refractivity (Wildman–Crippen MR) is 51.1 cm³/mol. The summed E-state index contributed by atoms with van der Waals surface area (Å²) in [6.45, 7) is 0. The molecule has 0 aromatic heterocycles. The Morgan fingerprint density at radius 3 is 3.00 bits per heavy atom. The van der Waals surface area contributed by atoms with Gasteiger partial charge in [-0.15, -0.1) is 12.3 Å². The van der Waals surface area contributed by atoms with Crippen LogP contribution in [-0.2, 0) is 4.79 Å². The normalized spacial score (nSPS) is 22.2. The van der Waals surface area contributed by atoms with Crippen LogP contribution < -0.4 is 0 Å². The van der Waals surface area contributed by atoms with Crippen molar-refractivity contribution in [1.82, 2.24) is 0 Å². The number of aliphatic hydroxyl groups excluding tert-OH is 1. The van der Waals surface area contributed by atoms with Crippen LogP contribution in [-0.4, -0.2) is 10.9 Å². The lowest BCUT2D eigenvalue weighted by atomic mass is 9.88. The highest BCUT2D eigenvalue weighted by molar-refractivity contribution is 5.91. The smallest absolute Gasteiger partial charge is 0.159 e. The van der Waals surface area contributed by atoms with Crippen molar-refractivity contribution >= 4 is 5.78 Å². The Balaban J connectivity index is 2.34. The first-order valence-electron chi connectivity index (χ1n) is 4.58. The van der Waals surface area contributed by atoms with Crippen LogP contribution in [0.25, 0.3) is 0 Å². The van der Waals surface area contributed by atoms with Crippen molar-refractivity contribution in [3.8, 4) is 12.3 Å². The molecule has 0 saturated carbocycles. The molecule has 0 amide bonds. The molecule has 0 saturated heterocycles. The first kappa shape index (κ1) is 9.85. The Labute approximate surface area is 78.6 Å². The number of rotatable bonds is 3. The van der Waals surface area contributed by atoms with E-state index in [4.69, 9.17) is 6.42 Å². The van der Waals surface area contributed by atoms with Gasteiger partial charge < -0.3 is 5.11 Å². The van der Waals surface area contributed by atoms with Crippen LogP contribution in [0.1, 0.15) is 32.1 Å². The van der Waals surface area contributed by atoms with Crippen LogP contribution >= 0.6 is 0 Å². The van der Waals surface area contributed by atoms with Crippen LogP contribution in [0.4, 0.5) is 0 Å². The van der Waals surface area contributed by atoms with Crippen molar-refractivity contribution in [1.29, 1.82) is 0 Å². The zero-order valence-corrected chi connectivity index (χ0v) is 7.62. The van der Waals surface area contributed by atoms with E-state index in [2.05, 4.69) is 5.92 Å². The molecule has 1 aliphatic carbocycles. The van der Waals surface area contributed by atoms with Crippen molar-refractivity contribution in [2.75, 3.05) is 0 Å². The molecule has 1 unspecified atom stereocenters. The van der Waals surface area contributed by atoms with E-state index >= 15 is 0 Å². The number of carbonyl (C=O) groups excluding carboxylic acids is 1. The van der Waals surface area contributed by atoms with Gasteiger partial charge in [0.05, 0.1) is 5.76 Å². The number of hydrogen-bond acceptors (Lipinski definition) is 2. The van der Waals surface area contributed by atoms with Crippen LogP contribution in [0.5, 0.6) is 0 Å². The second kappa shape index (κ2) is 4.71. The minimum absolute atomic E-state index is 0.0365. The van der Waals surface area contributed by atoms with Gasteiger partial charge in [-0.05, 0) is 18.8 Å². The molecule has 2 nitrogen and oxygen atoms in total. The van der Waals surface area contributed by atoms with E-state index in [1.807, 2.05) is 0 Å². The summed E-state index contributed by atoms with van der Waals surface area (Å²) < 4.78 is 0. The second-order valence-electron chi connectivity index (χ2n) is 3.47. The minimum atomic E-state index is 0.0365. The molecule has 0 fully saturated rings. The lowest BCUT2D eigenvalue weighted by Gasteiger charge is -2.18. The highest BCUT2D eigenvalue weighted by Gasteiger charge is 2.19. The fourth-order valence-electron chi connectivity index (χ4n) is 1.65. The van der Waals surface area contributed by atoms with Crippen LogP contribution in [0, 0.1) is 18.3 Å². The topological polar surface area (TPSA) is 37.3 Å². The molecule has 1 rings (SSSR count). The maximum absolute atomic E-state index is 11.0. The molecule has 0 spiro atoms. The number of ketones is 1. The maximum Gasteiger partial charge on any atom is 0.159 e. The molecule has 13 heavy (non-hydrogen) atoms. The molecule has 0 aromatic rings. The number of unbranched alkanes of at least 4 members (excludes halogenated alkanes) is 1. The third kappa shape index (κ3) is 3.33. The molecule has 1 aliphatic rings. The number of allylic oxidation sites excluding steroid dienone is 2. The molecular formula is C11H14O2. The van der Waals surface area contributed by atoms with Gasteiger partial charge in [-0.25, -0.2) is 0 Å². The van der Waals surface area contributed by atoms with E-state index in [-0.39, 0.29) is 11.5 Å². The summed E-state index contributed by atoms with van der Waals surface area (Å²) in [5.74, 6) is 3.13. The Morgan fingerprint density at radius 2 is 2.38 bits per heavy atom. The molecule has 70 valence electrons. The highest BCUT2D eigenvalue weighted by atomic mass is 16.3. The Hall–Kier alpha value is -1.23. The first-order chi connectivity index (χ1) is 6.22. The van der Waals surface area contributed by atoms with E-state index in [0.717, 1.165) is 19.3 Å². The summed E-state index contributed by atoms with van der Waals surface area (Å²) in [6, 6.07) is 0. The number of terminal acetylenes is 1. The van der Waals surface area contributed by atoms with Crippen LogP contribution in [0.15, 0.2) is 11.8 Å². The van der Waals surface area contributed by atoms with Crippen molar-refractivity contribution in [2.45, 2.75) is 32.1 Å². The molecule has 0 aromatic carbocycles. The first-order valence-corrected chi connectivity index (χ1v) is 4.58. The third-order valence-electron chi connectivity index (χ3n) is 2.25. The number of hydrogen-bond donors (Lipinski definition) is 1. The molecular weight excluding hydrogens is 164 g/mol. The van der Waals surface area contributed by atoms with Crippen molar-refractivity contribution < 1.29 is 9.90 Å². The molecule has 0 aliphatic heterocycles. The van der Waals surface area contributed by atoms with Crippen LogP contribution in [0.3, 0.4) is 0 Å².